The lowest BCUT2D eigenvalue weighted by Crippen LogP contribution is -2.23. The van der Waals surface area contributed by atoms with Crippen molar-refractivity contribution < 1.29 is 9.32 Å². The van der Waals surface area contributed by atoms with Crippen molar-refractivity contribution in [2.75, 3.05) is 14.1 Å². The molecule has 1 aliphatic carbocycles. The van der Waals surface area contributed by atoms with Gasteiger partial charge in [0, 0.05) is 26.1 Å². The summed E-state index contributed by atoms with van der Waals surface area (Å²) in [4.78, 5) is 13.2. The van der Waals surface area contributed by atoms with Gasteiger partial charge in [-0.05, 0) is 19.3 Å². The Hall–Kier alpha value is -1.32. The van der Waals surface area contributed by atoms with Gasteiger partial charge in [-0.25, -0.2) is 0 Å². The molecule has 1 aromatic heterocycles. The van der Waals surface area contributed by atoms with Crippen LogP contribution in [0.1, 0.15) is 34.7 Å². The van der Waals surface area contributed by atoms with Crippen LogP contribution in [0.15, 0.2) is 4.52 Å². The van der Waals surface area contributed by atoms with E-state index in [-0.39, 0.29) is 5.91 Å². The predicted octanol–water partition coefficient (Wildman–Crippen LogP) is 1.26. The number of rotatable bonds is 1. The van der Waals surface area contributed by atoms with Gasteiger partial charge in [-0.15, -0.1) is 0 Å². The highest BCUT2D eigenvalue weighted by Crippen LogP contribution is 2.24. The maximum Gasteiger partial charge on any atom is 0.275 e. The minimum Gasteiger partial charge on any atom is -0.360 e. The van der Waals surface area contributed by atoms with Crippen LogP contribution in [0.25, 0.3) is 0 Å². The quantitative estimate of drug-likeness (QED) is 0.676. The Morgan fingerprint density at radius 1 is 1.36 bits per heavy atom. The molecule has 2 rings (SSSR count). The Morgan fingerprint density at radius 2 is 2.07 bits per heavy atom. The van der Waals surface area contributed by atoms with Gasteiger partial charge in [0.25, 0.3) is 5.91 Å². The van der Waals surface area contributed by atoms with E-state index in [1.165, 1.54) is 4.90 Å². The zero-order chi connectivity index (χ0) is 10.1. The Balaban J connectivity index is 2.35. The van der Waals surface area contributed by atoms with Crippen molar-refractivity contribution >= 4 is 5.91 Å². The first-order valence-electron chi connectivity index (χ1n) is 4.89. The number of aromatic nitrogens is 1. The number of hydrogen-bond donors (Lipinski definition) is 0. The number of amides is 1. The summed E-state index contributed by atoms with van der Waals surface area (Å²) in [6.07, 6.45) is 4.11. The molecule has 1 aromatic rings. The molecule has 0 N–H and O–H groups in total. The second-order valence-corrected chi connectivity index (χ2v) is 3.84. The fourth-order valence-corrected chi connectivity index (χ4v) is 1.76. The molecule has 0 spiro atoms. The van der Waals surface area contributed by atoms with Gasteiger partial charge < -0.3 is 9.42 Å². The molecular weight excluding hydrogens is 180 g/mol. The summed E-state index contributed by atoms with van der Waals surface area (Å²) in [5, 5.41) is 3.85. The Kier molecular flexibility index (Phi) is 2.27. The van der Waals surface area contributed by atoms with Crippen LogP contribution in [0.3, 0.4) is 0 Å². The lowest BCUT2D eigenvalue weighted by molar-refractivity contribution is 0.0816. The minimum atomic E-state index is -0.0584. The second-order valence-electron chi connectivity index (χ2n) is 3.84. The molecule has 0 atom stereocenters. The van der Waals surface area contributed by atoms with E-state index in [2.05, 4.69) is 5.16 Å². The van der Waals surface area contributed by atoms with E-state index in [0.29, 0.717) is 5.69 Å². The van der Waals surface area contributed by atoms with Crippen LogP contribution in [0.2, 0.25) is 0 Å². The summed E-state index contributed by atoms with van der Waals surface area (Å²) in [6.45, 7) is 0. The molecule has 4 heteroatoms. The van der Waals surface area contributed by atoms with Crippen LogP contribution in [0, 0.1) is 0 Å². The maximum absolute atomic E-state index is 11.7. The molecule has 14 heavy (non-hydrogen) atoms. The molecule has 0 radical (unpaired) electrons. The van der Waals surface area contributed by atoms with Gasteiger partial charge >= 0.3 is 0 Å². The third kappa shape index (κ3) is 1.41. The van der Waals surface area contributed by atoms with E-state index < -0.39 is 0 Å². The fourth-order valence-electron chi connectivity index (χ4n) is 1.76. The van der Waals surface area contributed by atoms with E-state index in [4.69, 9.17) is 4.52 Å². The SMILES string of the molecule is CN(C)C(=O)c1noc2c1CCCC2. The highest BCUT2D eigenvalue weighted by atomic mass is 16.5. The van der Waals surface area contributed by atoms with Gasteiger partial charge in [-0.3, -0.25) is 4.79 Å². The lowest BCUT2D eigenvalue weighted by atomic mass is 9.96. The van der Waals surface area contributed by atoms with Gasteiger partial charge in [-0.2, -0.15) is 0 Å². The summed E-state index contributed by atoms with van der Waals surface area (Å²) in [6, 6.07) is 0. The van der Waals surface area contributed by atoms with Gasteiger partial charge in [-0.1, -0.05) is 5.16 Å². The minimum absolute atomic E-state index is 0.0584. The average molecular weight is 194 g/mol. The van der Waals surface area contributed by atoms with E-state index in [1.807, 2.05) is 0 Å². The highest BCUT2D eigenvalue weighted by Gasteiger charge is 2.24. The monoisotopic (exact) mass is 194 g/mol. The molecule has 0 fully saturated rings. The number of carbonyl (C=O) groups is 1. The van der Waals surface area contributed by atoms with Gasteiger partial charge in [0.05, 0.1) is 0 Å². The summed E-state index contributed by atoms with van der Waals surface area (Å²) in [5.41, 5.74) is 1.53. The zero-order valence-electron chi connectivity index (χ0n) is 8.54. The van der Waals surface area contributed by atoms with Crippen molar-refractivity contribution in [3.05, 3.63) is 17.0 Å². The van der Waals surface area contributed by atoms with Crippen molar-refractivity contribution in [1.29, 1.82) is 0 Å². The summed E-state index contributed by atoms with van der Waals surface area (Å²) in [7, 11) is 3.46. The molecule has 1 amide bonds. The average Bonchev–Trinajstić information content (AvgIpc) is 2.60. The van der Waals surface area contributed by atoms with E-state index in [1.54, 1.807) is 14.1 Å². The molecule has 1 heterocycles. The molecule has 0 bridgehead atoms. The zero-order valence-corrected chi connectivity index (χ0v) is 8.54. The van der Waals surface area contributed by atoms with Crippen LogP contribution >= 0.6 is 0 Å². The third-order valence-electron chi connectivity index (χ3n) is 2.56. The van der Waals surface area contributed by atoms with E-state index in [9.17, 15) is 4.79 Å². The first kappa shape index (κ1) is 9.24. The van der Waals surface area contributed by atoms with Crippen LogP contribution < -0.4 is 0 Å². The Bertz CT molecular complexity index is 355. The summed E-state index contributed by atoms with van der Waals surface area (Å²) in [5.74, 6) is 0.846. The lowest BCUT2D eigenvalue weighted by Gasteiger charge is -2.11. The third-order valence-corrected chi connectivity index (χ3v) is 2.56. The van der Waals surface area contributed by atoms with Crippen molar-refractivity contribution in [1.82, 2.24) is 10.1 Å². The van der Waals surface area contributed by atoms with Gasteiger partial charge in [0.1, 0.15) is 5.76 Å². The number of fused-ring (bicyclic) bond motifs is 1. The highest BCUT2D eigenvalue weighted by molar-refractivity contribution is 5.93. The second kappa shape index (κ2) is 3.44. The Morgan fingerprint density at radius 3 is 2.79 bits per heavy atom. The summed E-state index contributed by atoms with van der Waals surface area (Å²) >= 11 is 0. The van der Waals surface area contributed by atoms with E-state index >= 15 is 0 Å². The van der Waals surface area contributed by atoms with Crippen molar-refractivity contribution in [2.24, 2.45) is 0 Å². The molecule has 0 aromatic carbocycles. The number of aryl methyl sites for hydroxylation is 1. The molecular formula is C10H14N2O2. The van der Waals surface area contributed by atoms with E-state index in [0.717, 1.165) is 37.0 Å². The smallest absolute Gasteiger partial charge is 0.275 e. The fraction of sp³-hybridized carbons (Fsp3) is 0.600. The predicted molar refractivity (Wildman–Crippen MR) is 51.2 cm³/mol. The van der Waals surface area contributed by atoms with Crippen molar-refractivity contribution in [3.63, 3.8) is 0 Å². The standard InChI is InChI=1S/C10H14N2O2/c1-12(2)10(13)9-7-5-3-4-6-8(7)14-11-9/h3-6H2,1-2H3. The molecule has 76 valence electrons. The topological polar surface area (TPSA) is 46.3 Å². The van der Waals surface area contributed by atoms with Gasteiger partial charge in [0.15, 0.2) is 5.69 Å². The first-order valence-corrected chi connectivity index (χ1v) is 4.89. The van der Waals surface area contributed by atoms with Crippen LogP contribution in [-0.2, 0) is 12.8 Å². The molecule has 0 saturated heterocycles. The maximum atomic E-state index is 11.7. The largest absolute Gasteiger partial charge is 0.360 e. The number of carbonyl (C=O) groups excluding carboxylic acids is 1. The van der Waals surface area contributed by atoms with Crippen LogP contribution in [0.5, 0.6) is 0 Å². The molecule has 0 unspecified atom stereocenters. The number of hydrogen-bond acceptors (Lipinski definition) is 3. The van der Waals surface area contributed by atoms with Crippen LogP contribution in [-0.4, -0.2) is 30.1 Å². The molecule has 4 nitrogen and oxygen atoms in total. The normalized spacial score (nSPS) is 15.0. The van der Waals surface area contributed by atoms with Crippen molar-refractivity contribution in [3.8, 4) is 0 Å². The van der Waals surface area contributed by atoms with Gasteiger partial charge in [0.2, 0.25) is 0 Å². The van der Waals surface area contributed by atoms with Crippen molar-refractivity contribution in [2.45, 2.75) is 25.7 Å². The molecule has 1 aliphatic rings. The summed E-state index contributed by atoms with van der Waals surface area (Å²) < 4.78 is 5.16. The Labute approximate surface area is 82.9 Å². The number of nitrogens with zero attached hydrogens (tertiary/aromatic N) is 2. The molecule has 0 saturated carbocycles. The first-order chi connectivity index (χ1) is 6.70. The molecule has 0 aliphatic heterocycles. The van der Waals surface area contributed by atoms with Crippen LogP contribution in [0.4, 0.5) is 0 Å².